The summed E-state index contributed by atoms with van der Waals surface area (Å²) in [6, 6.07) is 5.07. The maximum Gasteiger partial charge on any atom is 0.573 e. The van der Waals surface area contributed by atoms with Crippen LogP contribution in [0.5, 0.6) is 5.75 Å². The molecule has 0 bridgehead atoms. The van der Waals surface area contributed by atoms with Gasteiger partial charge in [0.2, 0.25) is 11.8 Å². The van der Waals surface area contributed by atoms with Crippen LogP contribution in [-0.2, 0) is 16.1 Å². The van der Waals surface area contributed by atoms with E-state index < -0.39 is 18.2 Å². The number of halogens is 4. The third-order valence-electron chi connectivity index (χ3n) is 2.28. The van der Waals surface area contributed by atoms with E-state index in [1.54, 1.807) is 0 Å². The highest BCUT2D eigenvalue weighted by Crippen LogP contribution is 2.22. The Morgan fingerprint density at radius 2 is 1.68 bits per heavy atom. The van der Waals surface area contributed by atoms with E-state index >= 15 is 0 Å². The zero-order valence-electron chi connectivity index (χ0n) is 11.3. The second-order valence-electron chi connectivity index (χ2n) is 3.95. The zero-order valence-corrected chi connectivity index (χ0v) is 12.1. The highest BCUT2D eigenvalue weighted by molar-refractivity contribution is 5.85. The number of hydrogen-bond acceptors (Lipinski definition) is 4. The number of nitrogens with two attached hydrogens (primary N) is 1. The summed E-state index contributed by atoms with van der Waals surface area (Å²) in [7, 11) is 0. The van der Waals surface area contributed by atoms with Gasteiger partial charge in [-0.15, -0.1) is 25.6 Å². The van der Waals surface area contributed by atoms with Gasteiger partial charge < -0.3 is 21.1 Å². The maximum atomic E-state index is 12.0. The molecule has 22 heavy (non-hydrogen) atoms. The van der Waals surface area contributed by atoms with Gasteiger partial charge in [0.05, 0.1) is 13.1 Å². The van der Waals surface area contributed by atoms with Crippen molar-refractivity contribution in [2.75, 3.05) is 13.1 Å². The largest absolute Gasteiger partial charge is 0.573 e. The molecular weight excluding hydrogens is 327 g/mol. The molecule has 0 aromatic heterocycles. The first kappa shape index (κ1) is 20.0. The van der Waals surface area contributed by atoms with Crippen LogP contribution in [0.2, 0.25) is 0 Å². The molecule has 0 saturated carbocycles. The Kier molecular flexibility index (Phi) is 8.28. The molecule has 0 saturated heterocycles. The van der Waals surface area contributed by atoms with Crippen LogP contribution in [0, 0.1) is 0 Å². The molecule has 1 aromatic rings. The topological polar surface area (TPSA) is 93.5 Å². The number of nitrogens with one attached hydrogen (secondary N) is 2. The molecule has 0 unspecified atom stereocenters. The average Bonchev–Trinajstić information content (AvgIpc) is 2.42. The third-order valence-corrected chi connectivity index (χ3v) is 2.28. The van der Waals surface area contributed by atoms with Crippen molar-refractivity contribution in [3.63, 3.8) is 0 Å². The minimum Gasteiger partial charge on any atom is -0.406 e. The van der Waals surface area contributed by atoms with E-state index in [4.69, 9.17) is 5.73 Å². The van der Waals surface area contributed by atoms with Crippen LogP contribution >= 0.6 is 12.4 Å². The maximum absolute atomic E-state index is 12.0. The quantitative estimate of drug-likeness (QED) is 0.710. The van der Waals surface area contributed by atoms with E-state index in [-0.39, 0.29) is 37.8 Å². The van der Waals surface area contributed by atoms with Crippen molar-refractivity contribution in [3.05, 3.63) is 29.8 Å². The van der Waals surface area contributed by atoms with Gasteiger partial charge in [0.25, 0.3) is 0 Å². The van der Waals surface area contributed by atoms with Crippen LogP contribution in [0.4, 0.5) is 13.2 Å². The number of benzene rings is 1. The van der Waals surface area contributed by atoms with Crippen LogP contribution in [0.15, 0.2) is 24.3 Å². The first-order valence-corrected chi connectivity index (χ1v) is 5.88. The lowest BCUT2D eigenvalue weighted by molar-refractivity contribution is -0.274. The molecule has 0 heterocycles. The summed E-state index contributed by atoms with van der Waals surface area (Å²) in [5.41, 5.74) is 5.63. The van der Waals surface area contributed by atoms with Gasteiger partial charge >= 0.3 is 6.36 Å². The molecule has 2 amide bonds. The van der Waals surface area contributed by atoms with Crippen LogP contribution < -0.4 is 21.1 Å². The number of carbonyl (C=O) groups excluding carboxylic acids is 2. The molecule has 6 nitrogen and oxygen atoms in total. The molecule has 0 spiro atoms. The fourth-order valence-electron chi connectivity index (χ4n) is 1.32. The summed E-state index contributed by atoms with van der Waals surface area (Å²) in [5.74, 6) is -1.24. The standard InChI is InChI=1S/C12H14F3N3O3.ClH/c13-12(14,15)21-9-3-1-8(2-4-9)6-17-11(20)7-18-10(19)5-16;/h1-4H,5-7,16H2,(H,17,20)(H,18,19);1H. The summed E-state index contributed by atoms with van der Waals surface area (Å²) >= 11 is 0. The van der Waals surface area contributed by atoms with Gasteiger partial charge in [-0.05, 0) is 17.7 Å². The first-order valence-electron chi connectivity index (χ1n) is 5.88. The molecule has 0 atom stereocenters. The van der Waals surface area contributed by atoms with Crippen molar-refractivity contribution in [1.29, 1.82) is 0 Å². The van der Waals surface area contributed by atoms with Gasteiger partial charge in [-0.3, -0.25) is 9.59 Å². The fraction of sp³-hybridized carbons (Fsp3) is 0.333. The highest BCUT2D eigenvalue weighted by atomic mass is 35.5. The molecule has 1 aromatic carbocycles. The summed E-state index contributed by atoms with van der Waals surface area (Å²) in [6.45, 7) is -0.317. The Balaban J connectivity index is 0.00000441. The lowest BCUT2D eigenvalue weighted by atomic mass is 10.2. The second kappa shape index (κ2) is 9.11. The van der Waals surface area contributed by atoms with Gasteiger partial charge in [0.1, 0.15) is 5.75 Å². The van der Waals surface area contributed by atoms with E-state index in [9.17, 15) is 22.8 Å². The van der Waals surface area contributed by atoms with Gasteiger partial charge in [0, 0.05) is 6.54 Å². The van der Waals surface area contributed by atoms with Gasteiger partial charge in [-0.25, -0.2) is 0 Å². The molecule has 124 valence electrons. The molecule has 4 N–H and O–H groups in total. The Morgan fingerprint density at radius 1 is 1.09 bits per heavy atom. The van der Waals surface area contributed by atoms with Crippen molar-refractivity contribution in [2.45, 2.75) is 12.9 Å². The monoisotopic (exact) mass is 341 g/mol. The van der Waals surface area contributed by atoms with Crippen molar-refractivity contribution in [1.82, 2.24) is 10.6 Å². The summed E-state index contributed by atoms with van der Waals surface area (Å²) < 4.78 is 39.6. The SMILES string of the molecule is Cl.NCC(=O)NCC(=O)NCc1ccc(OC(F)(F)F)cc1. The lowest BCUT2D eigenvalue weighted by Crippen LogP contribution is -2.39. The third kappa shape index (κ3) is 8.32. The van der Waals surface area contributed by atoms with E-state index in [0.29, 0.717) is 5.56 Å². The molecule has 0 aliphatic rings. The summed E-state index contributed by atoms with van der Waals surface area (Å²) in [5, 5.41) is 4.77. The van der Waals surface area contributed by atoms with E-state index in [2.05, 4.69) is 15.4 Å². The Bertz CT molecular complexity index is 495. The van der Waals surface area contributed by atoms with Crippen molar-refractivity contribution in [3.8, 4) is 5.75 Å². The van der Waals surface area contributed by atoms with Crippen LogP contribution in [0.3, 0.4) is 0 Å². The van der Waals surface area contributed by atoms with Crippen LogP contribution in [-0.4, -0.2) is 31.3 Å². The molecule has 10 heteroatoms. The Morgan fingerprint density at radius 3 is 2.18 bits per heavy atom. The lowest BCUT2D eigenvalue weighted by Gasteiger charge is -2.10. The smallest absolute Gasteiger partial charge is 0.406 e. The molecular formula is C12H15ClF3N3O3. The van der Waals surface area contributed by atoms with Gasteiger partial charge in [0.15, 0.2) is 0 Å². The van der Waals surface area contributed by atoms with Crippen molar-refractivity contribution in [2.24, 2.45) is 5.73 Å². The van der Waals surface area contributed by atoms with Crippen LogP contribution in [0.1, 0.15) is 5.56 Å². The molecule has 0 aliphatic heterocycles. The normalized spacial score (nSPS) is 10.4. The minimum absolute atomic E-state index is 0. The number of hydrogen-bond donors (Lipinski definition) is 3. The summed E-state index contributed by atoms with van der Waals surface area (Å²) in [4.78, 5) is 22.2. The predicted molar refractivity (Wildman–Crippen MR) is 74.3 cm³/mol. The number of rotatable bonds is 6. The molecule has 0 aliphatic carbocycles. The summed E-state index contributed by atoms with van der Waals surface area (Å²) in [6.07, 6.45) is -4.74. The number of ether oxygens (including phenoxy) is 1. The number of alkyl halides is 3. The Hall–Kier alpha value is -2.00. The second-order valence-corrected chi connectivity index (χ2v) is 3.95. The predicted octanol–water partition coefficient (Wildman–Crippen LogP) is 0.698. The molecule has 1 rings (SSSR count). The van der Waals surface area contributed by atoms with Crippen molar-refractivity contribution < 1.29 is 27.5 Å². The number of amides is 2. The van der Waals surface area contributed by atoms with E-state index in [1.165, 1.54) is 12.1 Å². The van der Waals surface area contributed by atoms with Crippen LogP contribution in [0.25, 0.3) is 0 Å². The average molecular weight is 342 g/mol. The number of carbonyl (C=O) groups is 2. The van der Waals surface area contributed by atoms with E-state index in [0.717, 1.165) is 12.1 Å². The van der Waals surface area contributed by atoms with Crippen molar-refractivity contribution >= 4 is 24.2 Å². The van der Waals surface area contributed by atoms with Gasteiger partial charge in [-0.1, -0.05) is 12.1 Å². The zero-order chi connectivity index (χ0) is 15.9. The molecule has 0 fully saturated rings. The molecule has 0 radical (unpaired) electrons. The fourth-order valence-corrected chi connectivity index (χ4v) is 1.32. The minimum atomic E-state index is -4.74. The Labute approximate surface area is 130 Å². The first-order chi connectivity index (χ1) is 9.80. The highest BCUT2D eigenvalue weighted by Gasteiger charge is 2.30. The van der Waals surface area contributed by atoms with Gasteiger partial charge in [-0.2, -0.15) is 0 Å². The van der Waals surface area contributed by atoms with E-state index in [1.807, 2.05) is 0 Å².